The maximum atomic E-state index is 5.53. The fourth-order valence-corrected chi connectivity index (χ4v) is 2.11. The number of rotatable bonds is 4. The van der Waals surface area contributed by atoms with Gasteiger partial charge in [-0.05, 0) is 25.3 Å². The first-order chi connectivity index (χ1) is 8.19. The number of benzene rings is 1. The van der Waals surface area contributed by atoms with E-state index in [1.807, 2.05) is 42.3 Å². The highest BCUT2D eigenvalue weighted by Crippen LogP contribution is 2.11. The Morgan fingerprint density at radius 3 is 2.65 bits per heavy atom. The molecule has 0 saturated carbocycles. The second kappa shape index (κ2) is 7.19. The second-order valence-corrected chi connectivity index (χ2v) is 4.74. The molecule has 0 radical (unpaired) electrons. The Morgan fingerprint density at radius 1 is 1.47 bits per heavy atom. The van der Waals surface area contributed by atoms with Crippen LogP contribution < -0.4 is 11.3 Å². The lowest BCUT2D eigenvalue weighted by atomic mass is 10.3. The number of nitrogens with one attached hydrogen (secondary N) is 1. The van der Waals surface area contributed by atoms with Crippen molar-refractivity contribution in [1.29, 1.82) is 0 Å². The first-order valence-electron chi connectivity index (χ1n) is 5.51. The molecular formula is C12H20N4S. The monoisotopic (exact) mass is 252 g/mol. The molecule has 0 heterocycles. The molecule has 17 heavy (non-hydrogen) atoms. The van der Waals surface area contributed by atoms with E-state index in [1.165, 1.54) is 0 Å². The normalized spacial score (nSPS) is 13.3. The number of hydrogen-bond acceptors (Lipinski definition) is 3. The summed E-state index contributed by atoms with van der Waals surface area (Å²) in [6.45, 7) is 2.15. The molecule has 0 aromatic heterocycles. The summed E-state index contributed by atoms with van der Waals surface area (Å²) in [7, 11) is 1.99. The molecule has 0 spiro atoms. The fourth-order valence-electron chi connectivity index (χ4n) is 1.40. The van der Waals surface area contributed by atoms with E-state index in [0.29, 0.717) is 12.0 Å². The van der Waals surface area contributed by atoms with Gasteiger partial charge in [0.05, 0.1) is 5.69 Å². The molecule has 0 fully saturated rings. The quantitative estimate of drug-likeness (QED) is 0.371. The molecule has 0 aliphatic rings. The Bertz CT molecular complexity index is 353. The summed E-state index contributed by atoms with van der Waals surface area (Å²) in [5.41, 5.74) is 3.55. The van der Waals surface area contributed by atoms with E-state index in [0.717, 1.165) is 11.4 Å². The van der Waals surface area contributed by atoms with Crippen molar-refractivity contribution < 1.29 is 0 Å². The highest BCUT2D eigenvalue weighted by molar-refractivity contribution is 7.98. The van der Waals surface area contributed by atoms with Gasteiger partial charge >= 0.3 is 0 Å². The number of hydrogen-bond donors (Lipinski definition) is 2. The molecule has 0 amide bonds. The molecule has 1 aromatic carbocycles. The van der Waals surface area contributed by atoms with Gasteiger partial charge in [-0.25, -0.2) is 10.8 Å². The minimum atomic E-state index is 0.378. The summed E-state index contributed by atoms with van der Waals surface area (Å²) in [6.07, 6.45) is 2.09. The molecule has 0 aliphatic heterocycles. The minimum Gasteiger partial charge on any atom is -0.341 e. The van der Waals surface area contributed by atoms with E-state index >= 15 is 0 Å². The lowest BCUT2D eigenvalue weighted by molar-refractivity contribution is 0.408. The lowest BCUT2D eigenvalue weighted by Gasteiger charge is -2.26. The molecular weight excluding hydrogens is 232 g/mol. The highest BCUT2D eigenvalue weighted by Gasteiger charge is 2.12. The van der Waals surface area contributed by atoms with Gasteiger partial charge < -0.3 is 4.90 Å². The van der Waals surface area contributed by atoms with Gasteiger partial charge in [0.15, 0.2) is 0 Å². The molecule has 1 atom stereocenters. The third kappa shape index (κ3) is 4.28. The number of nitrogens with zero attached hydrogens (tertiary/aromatic N) is 2. The van der Waals surface area contributed by atoms with E-state index in [9.17, 15) is 0 Å². The van der Waals surface area contributed by atoms with Crippen LogP contribution in [0.2, 0.25) is 0 Å². The highest BCUT2D eigenvalue weighted by atomic mass is 32.2. The number of thioether (sulfide) groups is 1. The predicted octanol–water partition coefficient (Wildman–Crippen LogP) is 1.82. The summed E-state index contributed by atoms with van der Waals surface area (Å²) in [6, 6.07) is 10.2. The van der Waals surface area contributed by atoms with Crippen molar-refractivity contribution >= 4 is 23.4 Å². The van der Waals surface area contributed by atoms with Gasteiger partial charge in [-0.2, -0.15) is 11.8 Å². The van der Waals surface area contributed by atoms with Crippen molar-refractivity contribution in [2.45, 2.75) is 13.0 Å². The Labute approximate surface area is 107 Å². The SMILES string of the molecule is CSCC(C)N(C)C(=Nc1ccccc1)NN. The van der Waals surface area contributed by atoms with Crippen molar-refractivity contribution in [3.8, 4) is 0 Å². The molecule has 1 rings (SSSR count). The number of para-hydroxylation sites is 1. The third-order valence-electron chi connectivity index (χ3n) is 2.52. The first kappa shape index (κ1) is 13.9. The molecule has 0 aliphatic carbocycles. The van der Waals surface area contributed by atoms with Crippen LogP contribution in [-0.4, -0.2) is 36.0 Å². The zero-order chi connectivity index (χ0) is 12.7. The van der Waals surface area contributed by atoms with Crippen LogP contribution >= 0.6 is 11.8 Å². The van der Waals surface area contributed by atoms with Crippen LogP contribution in [-0.2, 0) is 0 Å². The summed E-state index contributed by atoms with van der Waals surface area (Å²) in [5, 5.41) is 0. The summed E-state index contributed by atoms with van der Waals surface area (Å²) < 4.78 is 0. The maximum Gasteiger partial charge on any atom is 0.213 e. The van der Waals surface area contributed by atoms with Crippen LogP contribution in [0, 0.1) is 0 Å². The van der Waals surface area contributed by atoms with Gasteiger partial charge in [0.2, 0.25) is 5.96 Å². The molecule has 1 unspecified atom stereocenters. The third-order valence-corrected chi connectivity index (χ3v) is 3.34. The predicted molar refractivity (Wildman–Crippen MR) is 76.5 cm³/mol. The molecule has 5 heteroatoms. The fraction of sp³-hybridized carbons (Fsp3) is 0.417. The molecule has 1 aromatic rings. The van der Waals surface area contributed by atoms with E-state index < -0.39 is 0 Å². The van der Waals surface area contributed by atoms with Gasteiger partial charge in [0.25, 0.3) is 0 Å². The Balaban J connectivity index is 2.80. The molecule has 4 nitrogen and oxygen atoms in total. The minimum absolute atomic E-state index is 0.378. The number of nitrogens with two attached hydrogens (primary N) is 1. The van der Waals surface area contributed by atoms with Crippen molar-refractivity contribution in [2.75, 3.05) is 19.1 Å². The molecule has 94 valence electrons. The number of hydrazine groups is 1. The zero-order valence-corrected chi connectivity index (χ0v) is 11.4. The maximum absolute atomic E-state index is 5.53. The van der Waals surface area contributed by atoms with Crippen LogP contribution in [0.4, 0.5) is 5.69 Å². The molecule has 0 bridgehead atoms. The van der Waals surface area contributed by atoms with Gasteiger partial charge in [-0.15, -0.1) is 0 Å². The topological polar surface area (TPSA) is 53.6 Å². The average Bonchev–Trinajstić information content (AvgIpc) is 2.36. The lowest BCUT2D eigenvalue weighted by Crippen LogP contribution is -2.47. The van der Waals surface area contributed by atoms with Crippen LogP contribution in [0.5, 0.6) is 0 Å². The van der Waals surface area contributed by atoms with Gasteiger partial charge in [-0.3, -0.25) is 5.43 Å². The van der Waals surface area contributed by atoms with Crippen LogP contribution in [0.1, 0.15) is 6.92 Å². The standard InChI is InChI=1S/C12H20N4S/c1-10(9-17-3)16(2)12(15-13)14-11-7-5-4-6-8-11/h4-8,10H,9,13H2,1-3H3,(H,14,15). The van der Waals surface area contributed by atoms with Crippen LogP contribution in [0.15, 0.2) is 35.3 Å². The number of aliphatic imine (C=N–C) groups is 1. The van der Waals surface area contributed by atoms with Gasteiger partial charge in [0, 0.05) is 18.8 Å². The average molecular weight is 252 g/mol. The second-order valence-electron chi connectivity index (χ2n) is 3.83. The van der Waals surface area contributed by atoms with E-state index in [2.05, 4.69) is 23.6 Å². The Kier molecular flexibility index (Phi) is 5.86. The van der Waals surface area contributed by atoms with Crippen molar-refractivity contribution in [1.82, 2.24) is 10.3 Å². The van der Waals surface area contributed by atoms with E-state index in [1.54, 1.807) is 11.8 Å². The Hall–Kier alpha value is -1.20. The number of guanidine groups is 1. The summed E-state index contributed by atoms with van der Waals surface area (Å²) in [4.78, 5) is 6.52. The van der Waals surface area contributed by atoms with Crippen molar-refractivity contribution in [3.63, 3.8) is 0 Å². The van der Waals surface area contributed by atoms with Gasteiger partial charge in [-0.1, -0.05) is 18.2 Å². The van der Waals surface area contributed by atoms with E-state index in [4.69, 9.17) is 5.84 Å². The molecule has 3 N–H and O–H groups in total. The van der Waals surface area contributed by atoms with Crippen LogP contribution in [0.3, 0.4) is 0 Å². The molecule has 0 saturated heterocycles. The summed E-state index contributed by atoms with van der Waals surface area (Å²) >= 11 is 1.81. The van der Waals surface area contributed by atoms with Crippen molar-refractivity contribution in [2.24, 2.45) is 10.8 Å². The largest absolute Gasteiger partial charge is 0.341 e. The van der Waals surface area contributed by atoms with Crippen molar-refractivity contribution in [3.05, 3.63) is 30.3 Å². The van der Waals surface area contributed by atoms with E-state index in [-0.39, 0.29) is 0 Å². The zero-order valence-electron chi connectivity index (χ0n) is 10.6. The first-order valence-corrected chi connectivity index (χ1v) is 6.90. The summed E-state index contributed by atoms with van der Waals surface area (Å²) in [5.74, 6) is 7.24. The van der Waals surface area contributed by atoms with Gasteiger partial charge in [0.1, 0.15) is 0 Å². The Morgan fingerprint density at radius 2 is 2.12 bits per heavy atom. The van der Waals surface area contributed by atoms with Crippen LogP contribution in [0.25, 0.3) is 0 Å². The smallest absolute Gasteiger partial charge is 0.213 e.